The fourth-order valence-corrected chi connectivity index (χ4v) is 6.45. The lowest BCUT2D eigenvalue weighted by Crippen LogP contribution is -2.42. The molecule has 2 aliphatic rings. The Hall–Kier alpha value is -2.43. The molecule has 8 nitrogen and oxygen atoms in total. The normalized spacial score (nSPS) is 21.9. The molecule has 0 saturated carbocycles. The number of Topliss-reactive ketones (excluding diaryl/α,β-unsaturated/α-hetero) is 1. The molecule has 0 radical (unpaired) electrons. The minimum Gasteiger partial charge on any atom is -0.351 e. The number of aryl methyl sites for hydroxylation is 1. The van der Waals surface area contributed by atoms with Gasteiger partial charge in [0.1, 0.15) is 16.8 Å². The molecule has 0 amide bonds. The van der Waals surface area contributed by atoms with Crippen molar-refractivity contribution >= 4 is 15.8 Å². The van der Waals surface area contributed by atoms with Crippen LogP contribution in [0, 0.1) is 16.6 Å². The average Bonchev–Trinajstić information content (AvgIpc) is 3.19. The van der Waals surface area contributed by atoms with Gasteiger partial charge in [-0.3, -0.25) is 4.79 Å². The molecule has 32 heavy (non-hydrogen) atoms. The lowest BCUT2D eigenvalue weighted by Gasteiger charge is -2.33. The summed E-state index contributed by atoms with van der Waals surface area (Å²) in [4.78, 5) is 26.3. The van der Waals surface area contributed by atoms with Crippen LogP contribution < -0.4 is 0 Å². The number of piperidine rings is 1. The molecule has 4 rings (SSSR count). The number of nitrogens with zero attached hydrogens (tertiary/aromatic N) is 4. The van der Waals surface area contributed by atoms with Crippen LogP contribution in [0.25, 0.3) is 0 Å². The molecule has 10 heteroatoms. The number of sulfonamides is 1. The number of hydrogen-bond donors (Lipinski definition) is 0. The molecule has 1 fully saturated rings. The van der Waals surface area contributed by atoms with E-state index in [0.29, 0.717) is 30.8 Å². The van der Waals surface area contributed by atoms with E-state index in [-0.39, 0.29) is 29.0 Å². The SMILES string of the molecule is Cn1ccc2c1C(N=O)CN(CCCN1CCC(C(=O)c3ccc(F)cc3)CC1)S2(=O)=O. The first kappa shape index (κ1) is 22.8. The van der Waals surface area contributed by atoms with Gasteiger partial charge in [0.05, 0.1) is 5.69 Å². The number of benzene rings is 1. The zero-order valence-electron chi connectivity index (χ0n) is 18.0. The van der Waals surface area contributed by atoms with Crippen molar-refractivity contribution in [2.24, 2.45) is 18.1 Å². The Bertz CT molecular complexity index is 1090. The Morgan fingerprint density at radius 3 is 2.47 bits per heavy atom. The molecular weight excluding hydrogens is 435 g/mol. The summed E-state index contributed by atoms with van der Waals surface area (Å²) >= 11 is 0. The number of carbonyl (C=O) groups excluding carboxylic acids is 1. The molecule has 3 heterocycles. The first-order valence-corrected chi connectivity index (χ1v) is 12.2. The maximum atomic E-state index is 13.1. The summed E-state index contributed by atoms with van der Waals surface area (Å²) in [6.45, 7) is 2.60. The number of nitroso groups, excluding NO2 is 1. The smallest absolute Gasteiger partial charge is 0.245 e. The van der Waals surface area contributed by atoms with Gasteiger partial charge >= 0.3 is 0 Å². The summed E-state index contributed by atoms with van der Waals surface area (Å²) in [5, 5.41) is 3.15. The summed E-state index contributed by atoms with van der Waals surface area (Å²) in [7, 11) is -1.92. The largest absolute Gasteiger partial charge is 0.351 e. The number of ketones is 1. The molecule has 1 atom stereocenters. The van der Waals surface area contributed by atoms with Gasteiger partial charge in [0.2, 0.25) is 10.0 Å². The number of likely N-dealkylation sites (tertiary alicyclic amines) is 1. The molecule has 0 bridgehead atoms. The number of rotatable bonds is 7. The van der Waals surface area contributed by atoms with Crippen molar-refractivity contribution in [2.45, 2.75) is 30.2 Å². The second kappa shape index (κ2) is 9.21. The molecule has 2 aromatic rings. The highest BCUT2D eigenvalue weighted by atomic mass is 32.2. The Labute approximate surface area is 187 Å². The highest BCUT2D eigenvalue weighted by Crippen LogP contribution is 2.34. The Balaban J connectivity index is 1.29. The Kier molecular flexibility index (Phi) is 6.55. The summed E-state index contributed by atoms with van der Waals surface area (Å²) < 4.78 is 41.9. The zero-order valence-corrected chi connectivity index (χ0v) is 18.8. The van der Waals surface area contributed by atoms with Crippen LogP contribution in [0.2, 0.25) is 0 Å². The third-order valence-corrected chi connectivity index (χ3v) is 8.40. The Morgan fingerprint density at radius 1 is 1.12 bits per heavy atom. The van der Waals surface area contributed by atoms with Gasteiger partial charge in [-0.25, -0.2) is 12.8 Å². The quantitative estimate of drug-likeness (QED) is 0.466. The van der Waals surface area contributed by atoms with E-state index in [1.54, 1.807) is 17.8 Å². The molecule has 0 aliphatic carbocycles. The van der Waals surface area contributed by atoms with Gasteiger partial charge in [-0.1, -0.05) is 5.18 Å². The van der Waals surface area contributed by atoms with E-state index in [0.717, 1.165) is 25.9 Å². The minimum absolute atomic E-state index is 0.0510. The molecule has 1 aromatic carbocycles. The second-order valence-electron chi connectivity index (χ2n) is 8.50. The predicted octanol–water partition coefficient (Wildman–Crippen LogP) is 2.96. The van der Waals surface area contributed by atoms with Gasteiger partial charge in [-0.05, 0) is 69.2 Å². The molecule has 1 unspecified atom stereocenters. The highest BCUT2D eigenvalue weighted by molar-refractivity contribution is 7.89. The van der Waals surface area contributed by atoms with Gasteiger partial charge < -0.3 is 9.47 Å². The van der Waals surface area contributed by atoms with Crippen molar-refractivity contribution < 1.29 is 17.6 Å². The van der Waals surface area contributed by atoms with Crippen LogP contribution >= 0.6 is 0 Å². The minimum atomic E-state index is -3.64. The summed E-state index contributed by atoms with van der Waals surface area (Å²) in [5.41, 5.74) is 0.989. The molecular formula is C22H27FN4O4S. The fraction of sp³-hybridized carbons (Fsp3) is 0.500. The van der Waals surface area contributed by atoms with E-state index in [4.69, 9.17) is 0 Å². The van der Waals surface area contributed by atoms with E-state index in [2.05, 4.69) is 10.1 Å². The molecule has 0 N–H and O–H groups in total. The van der Waals surface area contributed by atoms with Crippen molar-refractivity contribution in [3.05, 3.63) is 58.5 Å². The second-order valence-corrected chi connectivity index (χ2v) is 10.4. The number of fused-ring (bicyclic) bond motifs is 1. The summed E-state index contributed by atoms with van der Waals surface area (Å²) in [6.07, 6.45) is 3.72. The predicted molar refractivity (Wildman–Crippen MR) is 117 cm³/mol. The van der Waals surface area contributed by atoms with Crippen molar-refractivity contribution in [1.29, 1.82) is 0 Å². The van der Waals surface area contributed by atoms with Crippen LogP contribution in [0.15, 0.2) is 46.6 Å². The molecule has 1 saturated heterocycles. The number of halogens is 1. The molecule has 2 aliphatic heterocycles. The topological polar surface area (TPSA) is 92.1 Å². The van der Waals surface area contributed by atoms with E-state index in [1.165, 1.54) is 34.6 Å². The Morgan fingerprint density at radius 2 is 1.81 bits per heavy atom. The van der Waals surface area contributed by atoms with Crippen molar-refractivity contribution in [1.82, 2.24) is 13.8 Å². The summed E-state index contributed by atoms with van der Waals surface area (Å²) in [5.74, 6) is -0.379. The molecule has 1 aromatic heterocycles. The van der Waals surface area contributed by atoms with Gasteiger partial charge in [0.25, 0.3) is 0 Å². The number of carbonyl (C=O) groups is 1. The van der Waals surface area contributed by atoms with E-state index >= 15 is 0 Å². The number of aromatic nitrogens is 1. The fourth-order valence-electron chi connectivity index (χ4n) is 4.69. The van der Waals surface area contributed by atoms with E-state index in [9.17, 15) is 22.5 Å². The first-order chi connectivity index (χ1) is 15.3. The van der Waals surface area contributed by atoms with Gasteiger partial charge in [-0.2, -0.15) is 9.21 Å². The maximum absolute atomic E-state index is 13.1. The van der Waals surface area contributed by atoms with Crippen molar-refractivity contribution in [2.75, 3.05) is 32.7 Å². The lowest BCUT2D eigenvalue weighted by molar-refractivity contribution is 0.0838. The van der Waals surface area contributed by atoms with Crippen LogP contribution in [-0.4, -0.2) is 60.7 Å². The number of hydrogen-bond acceptors (Lipinski definition) is 6. The van der Waals surface area contributed by atoms with Crippen molar-refractivity contribution in [3.8, 4) is 0 Å². The monoisotopic (exact) mass is 462 g/mol. The first-order valence-electron chi connectivity index (χ1n) is 10.8. The van der Waals surface area contributed by atoms with Gasteiger partial charge in [-0.15, -0.1) is 0 Å². The third kappa shape index (κ3) is 4.39. The van der Waals surface area contributed by atoms with Crippen LogP contribution in [0.5, 0.6) is 0 Å². The average molecular weight is 463 g/mol. The zero-order chi connectivity index (χ0) is 22.9. The van der Waals surface area contributed by atoms with Crippen LogP contribution in [0.3, 0.4) is 0 Å². The van der Waals surface area contributed by atoms with Crippen LogP contribution in [0.1, 0.15) is 41.4 Å². The van der Waals surface area contributed by atoms with E-state index < -0.39 is 16.1 Å². The third-order valence-electron chi connectivity index (χ3n) is 6.49. The van der Waals surface area contributed by atoms with Crippen LogP contribution in [-0.2, 0) is 17.1 Å². The highest BCUT2D eigenvalue weighted by Gasteiger charge is 2.39. The van der Waals surface area contributed by atoms with E-state index in [1.807, 2.05) is 0 Å². The molecule has 0 spiro atoms. The van der Waals surface area contributed by atoms with Crippen molar-refractivity contribution in [3.63, 3.8) is 0 Å². The molecule has 172 valence electrons. The van der Waals surface area contributed by atoms with Crippen LogP contribution in [0.4, 0.5) is 4.39 Å². The standard InChI is InChI=1S/C22H27FN4O4S/c1-25-12-9-20-21(25)19(24-29)15-27(32(20,30)31)11-2-10-26-13-7-17(8-14-26)22(28)16-3-5-18(23)6-4-16/h3-6,9,12,17,19H,2,7-8,10-11,13-15H2,1H3. The summed E-state index contributed by atoms with van der Waals surface area (Å²) in [6, 6.07) is 6.49. The maximum Gasteiger partial charge on any atom is 0.245 e. The lowest BCUT2D eigenvalue weighted by atomic mass is 9.89. The van der Waals surface area contributed by atoms with Gasteiger partial charge in [0, 0.05) is 37.8 Å². The van der Waals surface area contributed by atoms with Gasteiger partial charge in [0.15, 0.2) is 5.78 Å².